The highest BCUT2D eigenvalue weighted by Gasteiger charge is 1.92. The normalized spacial score (nSPS) is 15.1. The van der Waals surface area contributed by atoms with Gasteiger partial charge in [0.1, 0.15) is 18.0 Å². The van der Waals surface area contributed by atoms with Crippen molar-refractivity contribution in [2.45, 2.75) is 0 Å². The van der Waals surface area contributed by atoms with Gasteiger partial charge in [0.05, 0.1) is 0 Å². The molecule has 0 radical (unpaired) electrons. The quantitative estimate of drug-likeness (QED) is 0.489. The number of nitriles is 1. The topological polar surface area (TPSA) is 45.0 Å². The molecule has 0 bridgehead atoms. The Hall–Kier alpha value is -1.43. The van der Waals surface area contributed by atoms with E-state index in [-0.39, 0.29) is 0 Å². The number of hydroxylamine groups is 1. The highest BCUT2D eigenvalue weighted by Crippen LogP contribution is 1.93. The standard InChI is InChI=1S/C5H4N2O/c6-4-5-2-1-3-8-7-5/h1-3,7H. The van der Waals surface area contributed by atoms with Gasteiger partial charge in [-0.1, -0.05) is 0 Å². The number of hydrogen-bond acceptors (Lipinski definition) is 3. The number of rotatable bonds is 0. The van der Waals surface area contributed by atoms with Gasteiger partial charge in [0.25, 0.3) is 0 Å². The first-order chi connectivity index (χ1) is 3.93. The molecule has 0 atom stereocenters. The predicted molar refractivity (Wildman–Crippen MR) is 27.1 cm³/mol. The number of nitrogens with zero attached hydrogens (tertiary/aromatic N) is 1. The minimum absolute atomic E-state index is 0.424. The van der Waals surface area contributed by atoms with Crippen molar-refractivity contribution < 1.29 is 4.84 Å². The van der Waals surface area contributed by atoms with Crippen LogP contribution in [0.25, 0.3) is 0 Å². The molecule has 1 heterocycles. The number of hydrogen-bond donors (Lipinski definition) is 1. The van der Waals surface area contributed by atoms with Crippen molar-refractivity contribution in [2.24, 2.45) is 0 Å². The largest absolute Gasteiger partial charge is 0.389 e. The molecule has 0 unspecified atom stereocenters. The fourth-order valence-corrected chi connectivity index (χ4v) is 0.366. The molecule has 0 fully saturated rings. The molecule has 3 heteroatoms. The SMILES string of the molecule is N#CC1=CC=CON1. The van der Waals surface area contributed by atoms with Crippen LogP contribution in [0.4, 0.5) is 0 Å². The van der Waals surface area contributed by atoms with Gasteiger partial charge in [-0.2, -0.15) is 5.26 Å². The van der Waals surface area contributed by atoms with Crippen LogP contribution in [-0.2, 0) is 4.84 Å². The first kappa shape index (κ1) is 4.72. The molecule has 1 N–H and O–H groups in total. The van der Waals surface area contributed by atoms with Crippen molar-refractivity contribution in [1.82, 2.24) is 5.48 Å². The van der Waals surface area contributed by atoms with Gasteiger partial charge in [0.15, 0.2) is 0 Å². The zero-order valence-electron chi connectivity index (χ0n) is 4.09. The molecule has 0 amide bonds. The van der Waals surface area contributed by atoms with Crippen molar-refractivity contribution in [2.75, 3.05) is 0 Å². The van der Waals surface area contributed by atoms with Crippen LogP contribution in [0.5, 0.6) is 0 Å². The fraction of sp³-hybridized carbons (Fsp3) is 0. The van der Waals surface area contributed by atoms with Crippen LogP contribution < -0.4 is 5.48 Å². The summed E-state index contributed by atoms with van der Waals surface area (Å²) in [6, 6.07) is 1.88. The maximum absolute atomic E-state index is 8.20. The molecule has 0 saturated heterocycles. The van der Waals surface area contributed by atoms with Gasteiger partial charge in [-0.3, -0.25) is 0 Å². The first-order valence-electron chi connectivity index (χ1n) is 2.12. The molecule has 0 aromatic heterocycles. The molecule has 3 nitrogen and oxygen atoms in total. The average molecular weight is 108 g/mol. The molecule has 1 aliphatic heterocycles. The number of allylic oxidation sites excluding steroid dienone is 3. The van der Waals surface area contributed by atoms with Gasteiger partial charge in [-0.25, -0.2) is 5.48 Å². The molecule has 8 heavy (non-hydrogen) atoms. The molecule has 0 spiro atoms. The minimum atomic E-state index is 0.424. The summed E-state index contributed by atoms with van der Waals surface area (Å²) in [4.78, 5) is 4.55. The molecule has 40 valence electrons. The summed E-state index contributed by atoms with van der Waals surface area (Å²) < 4.78 is 0. The molecule has 0 aliphatic carbocycles. The van der Waals surface area contributed by atoms with E-state index >= 15 is 0 Å². The zero-order valence-corrected chi connectivity index (χ0v) is 4.09. The summed E-state index contributed by atoms with van der Waals surface area (Å²) in [5.74, 6) is 0. The summed E-state index contributed by atoms with van der Waals surface area (Å²) >= 11 is 0. The van der Waals surface area contributed by atoms with Gasteiger partial charge in [-0.15, -0.1) is 0 Å². The molecule has 0 aromatic carbocycles. The van der Waals surface area contributed by atoms with Crippen molar-refractivity contribution in [1.29, 1.82) is 5.26 Å². The molecule has 0 aromatic rings. The van der Waals surface area contributed by atoms with E-state index < -0.39 is 0 Å². The summed E-state index contributed by atoms with van der Waals surface area (Å²) in [5, 5.41) is 8.20. The maximum atomic E-state index is 8.20. The van der Waals surface area contributed by atoms with E-state index in [1.54, 1.807) is 12.2 Å². The highest BCUT2D eigenvalue weighted by molar-refractivity contribution is 5.23. The van der Waals surface area contributed by atoms with E-state index in [2.05, 4.69) is 10.3 Å². The Bertz CT molecular complexity index is 175. The van der Waals surface area contributed by atoms with Crippen LogP contribution in [0.15, 0.2) is 24.1 Å². The van der Waals surface area contributed by atoms with E-state index in [1.165, 1.54) is 6.26 Å². The minimum Gasteiger partial charge on any atom is -0.389 e. The van der Waals surface area contributed by atoms with Gasteiger partial charge in [-0.05, 0) is 12.2 Å². The molecule has 1 aliphatic rings. The van der Waals surface area contributed by atoms with Gasteiger partial charge >= 0.3 is 0 Å². The molecular weight excluding hydrogens is 104 g/mol. The van der Waals surface area contributed by atoms with Crippen LogP contribution >= 0.6 is 0 Å². The second-order valence-electron chi connectivity index (χ2n) is 1.24. The second-order valence-corrected chi connectivity index (χ2v) is 1.24. The van der Waals surface area contributed by atoms with Crippen molar-refractivity contribution in [3.05, 3.63) is 24.1 Å². The maximum Gasteiger partial charge on any atom is 0.149 e. The van der Waals surface area contributed by atoms with Crippen molar-refractivity contribution in [3.8, 4) is 6.07 Å². The van der Waals surface area contributed by atoms with Crippen LogP contribution in [0, 0.1) is 11.3 Å². The van der Waals surface area contributed by atoms with Crippen LogP contribution in [0.3, 0.4) is 0 Å². The lowest BCUT2D eigenvalue weighted by atomic mass is 10.4. The van der Waals surface area contributed by atoms with E-state index in [9.17, 15) is 0 Å². The first-order valence-corrected chi connectivity index (χ1v) is 2.12. The summed E-state index contributed by atoms with van der Waals surface area (Å²) in [6.07, 6.45) is 4.74. The lowest BCUT2D eigenvalue weighted by molar-refractivity contribution is 0.164. The highest BCUT2D eigenvalue weighted by atomic mass is 16.6. The Morgan fingerprint density at radius 2 is 2.62 bits per heavy atom. The lowest BCUT2D eigenvalue weighted by Crippen LogP contribution is -2.10. The van der Waals surface area contributed by atoms with Gasteiger partial charge in [0.2, 0.25) is 0 Å². The van der Waals surface area contributed by atoms with E-state index in [4.69, 9.17) is 5.26 Å². The smallest absolute Gasteiger partial charge is 0.149 e. The van der Waals surface area contributed by atoms with Crippen LogP contribution in [-0.4, -0.2) is 0 Å². The van der Waals surface area contributed by atoms with Crippen LogP contribution in [0.1, 0.15) is 0 Å². The molecule has 0 saturated carbocycles. The molecule has 1 rings (SSSR count). The van der Waals surface area contributed by atoms with E-state index in [0.717, 1.165) is 0 Å². The Morgan fingerprint density at radius 3 is 3.00 bits per heavy atom. The van der Waals surface area contributed by atoms with E-state index in [0.29, 0.717) is 5.70 Å². The summed E-state index contributed by atoms with van der Waals surface area (Å²) in [7, 11) is 0. The second kappa shape index (κ2) is 2.03. The van der Waals surface area contributed by atoms with Crippen molar-refractivity contribution in [3.63, 3.8) is 0 Å². The number of nitrogens with one attached hydrogen (secondary N) is 1. The van der Waals surface area contributed by atoms with Crippen LogP contribution in [0.2, 0.25) is 0 Å². The third kappa shape index (κ3) is 0.793. The lowest BCUT2D eigenvalue weighted by Gasteiger charge is -2.03. The van der Waals surface area contributed by atoms with Crippen molar-refractivity contribution >= 4 is 0 Å². The Morgan fingerprint density at radius 1 is 1.75 bits per heavy atom. The van der Waals surface area contributed by atoms with Gasteiger partial charge in [0, 0.05) is 0 Å². The summed E-state index contributed by atoms with van der Waals surface area (Å²) in [5.41, 5.74) is 2.81. The third-order valence-electron chi connectivity index (χ3n) is 0.699. The van der Waals surface area contributed by atoms with E-state index in [1.807, 2.05) is 6.07 Å². The Labute approximate surface area is 46.8 Å². The van der Waals surface area contributed by atoms with Gasteiger partial charge < -0.3 is 4.84 Å². The fourth-order valence-electron chi connectivity index (χ4n) is 0.366. The monoisotopic (exact) mass is 108 g/mol. The predicted octanol–water partition coefficient (Wildman–Crippen LogP) is 0.442. The summed E-state index contributed by atoms with van der Waals surface area (Å²) in [6.45, 7) is 0. The Balaban J connectivity index is 2.67. The third-order valence-corrected chi connectivity index (χ3v) is 0.699. The molecular formula is C5H4N2O. The Kier molecular flexibility index (Phi) is 1.20. The average Bonchev–Trinajstić information content (AvgIpc) is 1.90. The zero-order chi connectivity index (χ0) is 5.82.